The fourth-order valence-electron chi connectivity index (χ4n) is 1.64. The largest absolute Gasteiger partial charge is 0.393 e. The van der Waals surface area contributed by atoms with Crippen LogP contribution in [0.3, 0.4) is 0 Å². The molecular weight excluding hydrogens is 180 g/mol. The molecule has 1 heterocycles. The Bertz CT molecular complexity index is 197. The number of hydrogen-bond acceptors (Lipinski definition) is 3. The van der Waals surface area contributed by atoms with Crippen molar-refractivity contribution in [2.75, 3.05) is 6.61 Å². The number of hydrogen-bond donors (Lipinski definition) is 1. The van der Waals surface area contributed by atoms with Crippen molar-refractivity contribution in [1.82, 2.24) is 0 Å². The van der Waals surface area contributed by atoms with Gasteiger partial charge in [-0.2, -0.15) is 0 Å². The maximum Gasteiger partial charge on any atom is 0.163 e. The molecule has 0 bridgehead atoms. The van der Waals surface area contributed by atoms with Crippen molar-refractivity contribution >= 4 is 0 Å². The summed E-state index contributed by atoms with van der Waals surface area (Å²) in [5, 5.41) is 9.68. The van der Waals surface area contributed by atoms with Crippen molar-refractivity contribution in [3.8, 4) is 0 Å². The van der Waals surface area contributed by atoms with Crippen LogP contribution in [0.1, 0.15) is 41.0 Å². The predicted molar refractivity (Wildman–Crippen MR) is 55.0 cm³/mol. The minimum atomic E-state index is -0.519. The van der Waals surface area contributed by atoms with Crippen molar-refractivity contribution < 1.29 is 14.6 Å². The third kappa shape index (κ3) is 2.47. The molecule has 84 valence electrons. The van der Waals surface area contributed by atoms with Crippen molar-refractivity contribution in [2.24, 2.45) is 5.41 Å². The first kappa shape index (κ1) is 12.0. The smallest absolute Gasteiger partial charge is 0.163 e. The third-order valence-electron chi connectivity index (χ3n) is 3.16. The Balaban J connectivity index is 2.69. The summed E-state index contributed by atoms with van der Waals surface area (Å²) >= 11 is 0. The van der Waals surface area contributed by atoms with Gasteiger partial charge in [0, 0.05) is 5.41 Å². The molecule has 0 aliphatic carbocycles. The van der Waals surface area contributed by atoms with E-state index in [9.17, 15) is 5.11 Å². The predicted octanol–water partition coefficient (Wildman–Crippen LogP) is 1.93. The monoisotopic (exact) mass is 202 g/mol. The van der Waals surface area contributed by atoms with E-state index in [1.807, 2.05) is 34.6 Å². The Morgan fingerprint density at radius 1 is 1.43 bits per heavy atom. The lowest BCUT2D eigenvalue weighted by atomic mass is 9.79. The van der Waals surface area contributed by atoms with Crippen LogP contribution in [-0.2, 0) is 9.47 Å². The topological polar surface area (TPSA) is 38.7 Å². The van der Waals surface area contributed by atoms with E-state index in [-0.39, 0.29) is 17.6 Å². The van der Waals surface area contributed by atoms with Crippen LogP contribution in [0, 0.1) is 5.41 Å². The Kier molecular flexibility index (Phi) is 3.24. The minimum Gasteiger partial charge on any atom is -0.393 e. The molecule has 0 unspecified atom stereocenters. The van der Waals surface area contributed by atoms with Crippen LogP contribution < -0.4 is 0 Å². The van der Waals surface area contributed by atoms with Gasteiger partial charge in [0.2, 0.25) is 0 Å². The highest BCUT2D eigenvalue weighted by Crippen LogP contribution is 2.35. The molecule has 3 nitrogen and oxygen atoms in total. The molecule has 1 N–H and O–H groups in total. The molecule has 1 saturated heterocycles. The van der Waals surface area contributed by atoms with E-state index in [0.717, 1.165) is 6.42 Å². The average Bonchev–Trinajstić information content (AvgIpc) is 2.02. The van der Waals surface area contributed by atoms with Crippen LogP contribution >= 0.6 is 0 Å². The Labute approximate surface area is 86.4 Å². The molecule has 14 heavy (non-hydrogen) atoms. The van der Waals surface area contributed by atoms with Gasteiger partial charge in [0.15, 0.2) is 5.79 Å². The molecule has 0 saturated carbocycles. The van der Waals surface area contributed by atoms with Crippen molar-refractivity contribution in [2.45, 2.75) is 59.0 Å². The maximum absolute atomic E-state index is 9.68. The molecule has 0 aromatic heterocycles. The fraction of sp³-hybridized carbons (Fsp3) is 1.00. The summed E-state index contributed by atoms with van der Waals surface area (Å²) in [6.45, 7) is 10.4. The lowest BCUT2D eigenvalue weighted by molar-refractivity contribution is -0.298. The summed E-state index contributed by atoms with van der Waals surface area (Å²) in [7, 11) is 0. The molecule has 2 atom stereocenters. The van der Waals surface area contributed by atoms with Gasteiger partial charge in [0.05, 0.1) is 18.8 Å². The first-order valence-electron chi connectivity index (χ1n) is 5.25. The molecular formula is C11H22O3. The molecule has 0 aromatic carbocycles. The van der Waals surface area contributed by atoms with E-state index >= 15 is 0 Å². The zero-order chi connectivity index (χ0) is 11.0. The van der Waals surface area contributed by atoms with Crippen molar-refractivity contribution in [3.63, 3.8) is 0 Å². The molecule has 1 fully saturated rings. The van der Waals surface area contributed by atoms with Crippen LogP contribution in [0.15, 0.2) is 0 Å². The van der Waals surface area contributed by atoms with E-state index in [2.05, 4.69) is 0 Å². The lowest BCUT2D eigenvalue weighted by Crippen LogP contribution is -2.49. The zero-order valence-corrected chi connectivity index (χ0v) is 9.83. The maximum atomic E-state index is 9.68. The van der Waals surface area contributed by atoms with Gasteiger partial charge in [-0.15, -0.1) is 0 Å². The Morgan fingerprint density at radius 2 is 2.00 bits per heavy atom. The third-order valence-corrected chi connectivity index (χ3v) is 3.16. The molecule has 1 rings (SSSR count). The van der Waals surface area contributed by atoms with Gasteiger partial charge >= 0.3 is 0 Å². The fourth-order valence-corrected chi connectivity index (χ4v) is 1.64. The molecule has 0 aromatic rings. The number of aliphatic hydroxyl groups excluding tert-OH is 1. The second kappa shape index (κ2) is 3.80. The van der Waals surface area contributed by atoms with Crippen molar-refractivity contribution in [3.05, 3.63) is 0 Å². The van der Waals surface area contributed by atoms with Gasteiger partial charge in [-0.3, -0.25) is 0 Å². The Morgan fingerprint density at radius 3 is 2.43 bits per heavy atom. The zero-order valence-electron chi connectivity index (χ0n) is 9.83. The quantitative estimate of drug-likeness (QED) is 0.743. The summed E-state index contributed by atoms with van der Waals surface area (Å²) in [4.78, 5) is 0. The normalized spacial score (nSPS) is 30.0. The highest BCUT2D eigenvalue weighted by molar-refractivity contribution is 4.86. The SMILES string of the molecule is C[C@H](O)C(C)(C)[C@@H]1CCOC(C)(C)O1. The second-order valence-corrected chi connectivity index (χ2v) is 5.14. The molecule has 0 spiro atoms. The molecule has 0 radical (unpaired) electrons. The van der Waals surface area contributed by atoms with Gasteiger partial charge in [0.1, 0.15) is 0 Å². The summed E-state index contributed by atoms with van der Waals surface area (Å²) in [6.07, 6.45) is 0.536. The second-order valence-electron chi connectivity index (χ2n) is 5.14. The van der Waals surface area contributed by atoms with Gasteiger partial charge in [0.25, 0.3) is 0 Å². The van der Waals surface area contributed by atoms with Gasteiger partial charge < -0.3 is 14.6 Å². The van der Waals surface area contributed by atoms with Crippen molar-refractivity contribution in [1.29, 1.82) is 0 Å². The van der Waals surface area contributed by atoms with Gasteiger partial charge in [-0.05, 0) is 27.2 Å². The molecule has 0 amide bonds. The summed E-state index contributed by atoms with van der Waals surface area (Å²) in [6, 6.07) is 0. The van der Waals surface area contributed by atoms with Crippen LogP contribution in [0.2, 0.25) is 0 Å². The van der Waals surface area contributed by atoms with E-state index < -0.39 is 5.79 Å². The van der Waals surface area contributed by atoms with E-state index in [1.165, 1.54) is 0 Å². The van der Waals surface area contributed by atoms with Crippen LogP contribution in [0.25, 0.3) is 0 Å². The number of rotatable bonds is 2. The molecule has 1 aliphatic heterocycles. The number of aliphatic hydroxyl groups is 1. The van der Waals surface area contributed by atoms with E-state index in [0.29, 0.717) is 6.61 Å². The highest BCUT2D eigenvalue weighted by Gasteiger charge is 2.41. The first-order valence-corrected chi connectivity index (χ1v) is 5.25. The van der Waals surface area contributed by atoms with Crippen LogP contribution in [-0.4, -0.2) is 29.7 Å². The highest BCUT2D eigenvalue weighted by atomic mass is 16.7. The summed E-state index contributed by atoms with van der Waals surface area (Å²) in [5.41, 5.74) is -0.221. The number of ether oxygens (including phenoxy) is 2. The standard InChI is InChI=1S/C11H22O3/c1-8(12)10(2,3)9-6-7-13-11(4,5)14-9/h8-9,12H,6-7H2,1-5H3/t8-,9-/m0/s1. The minimum absolute atomic E-state index is 0.0613. The summed E-state index contributed by atoms with van der Waals surface area (Å²) in [5.74, 6) is -0.519. The molecule has 3 heteroatoms. The van der Waals surface area contributed by atoms with Crippen LogP contribution in [0.4, 0.5) is 0 Å². The first-order chi connectivity index (χ1) is 6.26. The van der Waals surface area contributed by atoms with Gasteiger partial charge in [-0.1, -0.05) is 13.8 Å². The van der Waals surface area contributed by atoms with Crippen LogP contribution in [0.5, 0.6) is 0 Å². The summed E-state index contributed by atoms with van der Waals surface area (Å²) < 4.78 is 11.3. The lowest BCUT2D eigenvalue weighted by Gasteiger charge is -2.44. The van der Waals surface area contributed by atoms with E-state index in [4.69, 9.17) is 9.47 Å². The average molecular weight is 202 g/mol. The Hall–Kier alpha value is -0.120. The van der Waals surface area contributed by atoms with E-state index in [1.54, 1.807) is 0 Å². The van der Waals surface area contributed by atoms with Gasteiger partial charge in [-0.25, -0.2) is 0 Å². The molecule has 1 aliphatic rings.